The third-order valence-electron chi connectivity index (χ3n) is 5.23. The van der Waals surface area contributed by atoms with Crippen LogP contribution in [-0.4, -0.2) is 31.6 Å². The lowest BCUT2D eigenvalue weighted by Crippen LogP contribution is -2.32. The number of amides is 2. The molecule has 170 valence electrons. The molecule has 0 aliphatic carbocycles. The Morgan fingerprint density at radius 2 is 1.67 bits per heavy atom. The summed E-state index contributed by atoms with van der Waals surface area (Å²) in [5.41, 5.74) is 2.27. The molecule has 0 aromatic heterocycles. The molecule has 0 saturated heterocycles. The molecular formula is C26H26N2O5. The van der Waals surface area contributed by atoms with E-state index in [1.807, 2.05) is 55.5 Å². The van der Waals surface area contributed by atoms with Crippen molar-refractivity contribution in [2.24, 2.45) is 0 Å². The number of hydrogen-bond acceptors (Lipinski definition) is 5. The summed E-state index contributed by atoms with van der Waals surface area (Å²) in [7, 11) is 0. The number of para-hydroxylation sites is 1. The summed E-state index contributed by atoms with van der Waals surface area (Å²) in [6.45, 7) is 3.11. The van der Waals surface area contributed by atoms with Gasteiger partial charge in [-0.3, -0.25) is 9.59 Å². The molecule has 0 bridgehead atoms. The van der Waals surface area contributed by atoms with Crippen molar-refractivity contribution in [2.45, 2.75) is 19.5 Å². The normalized spacial score (nSPS) is 13.0. The van der Waals surface area contributed by atoms with Crippen molar-refractivity contribution in [1.82, 2.24) is 10.6 Å². The van der Waals surface area contributed by atoms with Crippen LogP contribution in [0.25, 0.3) is 0 Å². The Labute approximate surface area is 192 Å². The number of ether oxygens (including phenoxy) is 3. The van der Waals surface area contributed by atoms with Gasteiger partial charge in [0.25, 0.3) is 11.8 Å². The van der Waals surface area contributed by atoms with Crippen molar-refractivity contribution in [2.75, 3.05) is 19.8 Å². The van der Waals surface area contributed by atoms with E-state index < -0.39 is 0 Å². The monoisotopic (exact) mass is 446 g/mol. The number of carbonyl (C=O) groups excluding carboxylic acids is 2. The highest BCUT2D eigenvalue weighted by Crippen LogP contribution is 2.32. The minimum atomic E-state index is -0.295. The molecule has 0 saturated carbocycles. The molecule has 0 unspecified atom stereocenters. The van der Waals surface area contributed by atoms with E-state index in [1.54, 1.807) is 24.3 Å². The first-order valence-corrected chi connectivity index (χ1v) is 10.8. The lowest BCUT2D eigenvalue weighted by molar-refractivity contribution is -0.123. The molecule has 0 spiro atoms. The van der Waals surface area contributed by atoms with Gasteiger partial charge in [-0.1, -0.05) is 48.5 Å². The maximum Gasteiger partial charge on any atom is 0.258 e. The molecule has 3 aromatic carbocycles. The van der Waals surface area contributed by atoms with Crippen molar-refractivity contribution in [1.29, 1.82) is 0 Å². The maximum atomic E-state index is 12.6. The Morgan fingerprint density at radius 1 is 0.939 bits per heavy atom. The molecule has 7 nitrogen and oxygen atoms in total. The third kappa shape index (κ3) is 5.83. The first kappa shape index (κ1) is 22.2. The van der Waals surface area contributed by atoms with Gasteiger partial charge in [0.2, 0.25) is 0 Å². The average molecular weight is 447 g/mol. The van der Waals surface area contributed by atoms with E-state index in [9.17, 15) is 9.59 Å². The van der Waals surface area contributed by atoms with Crippen LogP contribution in [0.2, 0.25) is 0 Å². The van der Waals surface area contributed by atoms with Crippen LogP contribution in [0.15, 0.2) is 72.8 Å². The standard InChI is InChI=1S/C26H26N2O5/c1-18(20-11-12-23-24(15-20)32-14-13-31-23)28-25(29)17-33-22-10-6-5-9-21(22)26(30)27-16-19-7-3-2-4-8-19/h2-12,15,18H,13-14,16-17H2,1H3,(H,27,30)(H,28,29)/t18-/m0/s1. The molecule has 1 atom stereocenters. The minimum absolute atomic E-state index is 0.210. The van der Waals surface area contributed by atoms with Crippen molar-refractivity contribution in [3.05, 3.63) is 89.5 Å². The Morgan fingerprint density at radius 3 is 2.48 bits per heavy atom. The highest BCUT2D eigenvalue weighted by Gasteiger charge is 2.17. The molecule has 2 amide bonds. The Balaban J connectivity index is 1.32. The summed E-state index contributed by atoms with van der Waals surface area (Å²) >= 11 is 0. The zero-order valence-electron chi connectivity index (χ0n) is 18.4. The van der Waals surface area contributed by atoms with Gasteiger partial charge < -0.3 is 24.8 Å². The zero-order chi connectivity index (χ0) is 23.0. The maximum absolute atomic E-state index is 12.6. The van der Waals surface area contributed by atoms with Gasteiger partial charge in [-0.2, -0.15) is 0 Å². The summed E-state index contributed by atoms with van der Waals surface area (Å²) < 4.78 is 16.8. The van der Waals surface area contributed by atoms with Crippen LogP contribution in [-0.2, 0) is 11.3 Å². The number of fused-ring (bicyclic) bond motifs is 1. The Hall–Kier alpha value is -4.00. The summed E-state index contributed by atoms with van der Waals surface area (Å²) in [5.74, 6) is 1.17. The number of nitrogens with one attached hydrogen (secondary N) is 2. The van der Waals surface area contributed by atoms with Crippen LogP contribution < -0.4 is 24.8 Å². The van der Waals surface area contributed by atoms with Crippen molar-refractivity contribution < 1.29 is 23.8 Å². The fraction of sp³-hybridized carbons (Fsp3) is 0.231. The average Bonchev–Trinajstić information content (AvgIpc) is 2.86. The third-order valence-corrected chi connectivity index (χ3v) is 5.23. The number of hydrogen-bond donors (Lipinski definition) is 2. The number of benzene rings is 3. The SMILES string of the molecule is C[C@H](NC(=O)COc1ccccc1C(=O)NCc1ccccc1)c1ccc2c(c1)OCCO2. The lowest BCUT2D eigenvalue weighted by Gasteiger charge is -2.21. The second-order valence-electron chi connectivity index (χ2n) is 7.65. The first-order valence-electron chi connectivity index (χ1n) is 10.8. The van der Waals surface area contributed by atoms with Crippen LogP contribution in [0.5, 0.6) is 17.2 Å². The van der Waals surface area contributed by atoms with E-state index in [0.717, 1.165) is 11.1 Å². The van der Waals surface area contributed by atoms with Gasteiger partial charge in [-0.15, -0.1) is 0 Å². The predicted molar refractivity (Wildman–Crippen MR) is 124 cm³/mol. The van der Waals surface area contributed by atoms with Crippen molar-refractivity contribution in [3.8, 4) is 17.2 Å². The van der Waals surface area contributed by atoms with Gasteiger partial charge in [0.1, 0.15) is 19.0 Å². The van der Waals surface area contributed by atoms with Gasteiger partial charge in [0.15, 0.2) is 18.1 Å². The summed E-state index contributed by atoms with van der Waals surface area (Å²) in [4.78, 5) is 25.1. The van der Waals surface area contributed by atoms with Gasteiger partial charge in [-0.25, -0.2) is 0 Å². The topological polar surface area (TPSA) is 85.9 Å². The van der Waals surface area contributed by atoms with E-state index in [4.69, 9.17) is 14.2 Å². The summed E-state index contributed by atoms with van der Waals surface area (Å²) in [6.07, 6.45) is 0. The van der Waals surface area contributed by atoms with Crippen molar-refractivity contribution in [3.63, 3.8) is 0 Å². The molecule has 2 N–H and O–H groups in total. The smallest absolute Gasteiger partial charge is 0.258 e. The fourth-order valence-corrected chi connectivity index (χ4v) is 3.49. The highest BCUT2D eigenvalue weighted by molar-refractivity contribution is 5.97. The molecule has 7 heteroatoms. The second kappa shape index (κ2) is 10.5. The summed E-state index contributed by atoms with van der Waals surface area (Å²) in [6, 6.07) is 21.9. The molecule has 1 aliphatic rings. The Kier molecular flexibility index (Phi) is 7.09. The predicted octanol–water partition coefficient (Wildman–Crippen LogP) is 3.64. The largest absolute Gasteiger partial charge is 0.486 e. The molecule has 0 fully saturated rings. The molecule has 1 heterocycles. The quantitative estimate of drug-likeness (QED) is 0.552. The van der Waals surface area contributed by atoms with Gasteiger partial charge >= 0.3 is 0 Å². The number of carbonyl (C=O) groups is 2. The van der Waals surface area contributed by atoms with E-state index in [1.165, 1.54) is 0 Å². The molecule has 33 heavy (non-hydrogen) atoms. The Bertz CT molecular complexity index is 1120. The van der Waals surface area contributed by atoms with E-state index >= 15 is 0 Å². The molecule has 1 aliphatic heterocycles. The summed E-state index contributed by atoms with van der Waals surface area (Å²) in [5, 5.41) is 5.79. The van der Waals surface area contributed by atoms with Gasteiger partial charge in [0, 0.05) is 6.54 Å². The van der Waals surface area contributed by atoms with Crippen LogP contribution in [0.1, 0.15) is 34.5 Å². The lowest BCUT2D eigenvalue weighted by atomic mass is 10.1. The fourth-order valence-electron chi connectivity index (χ4n) is 3.49. The molecule has 0 radical (unpaired) electrons. The van der Waals surface area contributed by atoms with Crippen LogP contribution in [0.3, 0.4) is 0 Å². The second-order valence-corrected chi connectivity index (χ2v) is 7.65. The molecular weight excluding hydrogens is 420 g/mol. The first-order chi connectivity index (χ1) is 16.1. The minimum Gasteiger partial charge on any atom is -0.486 e. The van der Waals surface area contributed by atoms with Gasteiger partial charge in [-0.05, 0) is 42.3 Å². The zero-order valence-corrected chi connectivity index (χ0v) is 18.4. The van der Waals surface area contributed by atoms with Gasteiger partial charge in [0.05, 0.1) is 11.6 Å². The molecule has 4 rings (SSSR count). The van der Waals surface area contributed by atoms with E-state index in [-0.39, 0.29) is 24.5 Å². The molecule has 3 aromatic rings. The van der Waals surface area contributed by atoms with Crippen LogP contribution in [0.4, 0.5) is 0 Å². The van der Waals surface area contributed by atoms with Crippen LogP contribution >= 0.6 is 0 Å². The van der Waals surface area contributed by atoms with E-state index in [2.05, 4.69) is 10.6 Å². The van der Waals surface area contributed by atoms with Crippen LogP contribution in [0, 0.1) is 0 Å². The van der Waals surface area contributed by atoms with E-state index in [0.29, 0.717) is 42.6 Å². The van der Waals surface area contributed by atoms with Crippen molar-refractivity contribution >= 4 is 11.8 Å². The highest BCUT2D eigenvalue weighted by atomic mass is 16.6. The number of rotatable bonds is 8.